The Balaban J connectivity index is 1.77. The number of rotatable bonds is 6. The van der Waals surface area contributed by atoms with Crippen molar-refractivity contribution >= 4 is 10.0 Å². The van der Waals surface area contributed by atoms with Crippen LogP contribution in [0, 0.1) is 5.92 Å². The summed E-state index contributed by atoms with van der Waals surface area (Å²) in [4.78, 5) is 0.351. The topological polar surface area (TPSA) is 46.2 Å². The van der Waals surface area contributed by atoms with Crippen LogP contribution in [-0.2, 0) is 10.0 Å². The van der Waals surface area contributed by atoms with E-state index in [1.54, 1.807) is 24.3 Å². The highest BCUT2D eigenvalue weighted by molar-refractivity contribution is 7.89. The Hall–Kier alpha value is -0.870. The van der Waals surface area contributed by atoms with Crippen LogP contribution < -0.4 is 4.72 Å². The molecule has 1 N–H and O–H groups in total. The molecule has 1 saturated carbocycles. The molecule has 17 heavy (non-hydrogen) atoms. The molecule has 0 amide bonds. The molecule has 1 aliphatic rings. The largest absolute Gasteiger partial charge is 0.240 e. The van der Waals surface area contributed by atoms with Crippen LogP contribution in [0.25, 0.3) is 0 Å². The second-order valence-electron chi connectivity index (χ2n) is 4.65. The summed E-state index contributed by atoms with van der Waals surface area (Å²) < 4.78 is 26.3. The molecule has 4 heteroatoms. The van der Waals surface area contributed by atoms with Gasteiger partial charge in [0.05, 0.1) is 4.90 Å². The van der Waals surface area contributed by atoms with Crippen molar-refractivity contribution in [2.75, 3.05) is 6.54 Å². The SMILES string of the molecule is O=S(=O)(NCCCC1CCC1)c1ccccc1. The molecule has 1 aromatic carbocycles. The van der Waals surface area contributed by atoms with Crippen LogP contribution in [-0.4, -0.2) is 15.0 Å². The Morgan fingerprint density at radius 2 is 1.88 bits per heavy atom. The van der Waals surface area contributed by atoms with Gasteiger partial charge in [-0.3, -0.25) is 0 Å². The van der Waals surface area contributed by atoms with Gasteiger partial charge >= 0.3 is 0 Å². The Labute approximate surface area is 103 Å². The van der Waals surface area contributed by atoms with Crippen LogP contribution in [0.4, 0.5) is 0 Å². The summed E-state index contributed by atoms with van der Waals surface area (Å²) in [5.41, 5.74) is 0. The highest BCUT2D eigenvalue weighted by Crippen LogP contribution is 2.30. The first-order valence-electron chi connectivity index (χ1n) is 6.23. The van der Waals surface area contributed by atoms with Crippen molar-refractivity contribution in [1.82, 2.24) is 4.72 Å². The van der Waals surface area contributed by atoms with Crippen molar-refractivity contribution in [2.24, 2.45) is 5.92 Å². The molecular formula is C13H19NO2S. The predicted octanol–water partition coefficient (Wildman–Crippen LogP) is 2.55. The van der Waals surface area contributed by atoms with E-state index in [4.69, 9.17) is 0 Å². The molecule has 0 heterocycles. The van der Waals surface area contributed by atoms with Crippen molar-refractivity contribution in [2.45, 2.75) is 37.0 Å². The summed E-state index contributed by atoms with van der Waals surface area (Å²) in [6.07, 6.45) is 6.09. The third kappa shape index (κ3) is 3.54. The van der Waals surface area contributed by atoms with Gasteiger partial charge in [-0.2, -0.15) is 0 Å². The lowest BCUT2D eigenvalue weighted by Gasteiger charge is -2.24. The van der Waals surface area contributed by atoms with Crippen molar-refractivity contribution in [3.8, 4) is 0 Å². The molecule has 0 unspecified atom stereocenters. The molecule has 94 valence electrons. The minimum atomic E-state index is -3.30. The maximum Gasteiger partial charge on any atom is 0.240 e. The Morgan fingerprint density at radius 1 is 1.18 bits per heavy atom. The second-order valence-corrected chi connectivity index (χ2v) is 6.42. The molecule has 0 aliphatic heterocycles. The molecule has 0 saturated heterocycles. The van der Waals surface area contributed by atoms with Crippen LogP contribution in [0.1, 0.15) is 32.1 Å². The molecule has 0 radical (unpaired) electrons. The van der Waals surface area contributed by atoms with Crippen LogP contribution in [0.15, 0.2) is 35.2 Å². The first-order chi connectivity index (χ1) is 8.18. The Kier molecular flexibility index (Phi) is 4.18. The van der Waals surface area contributed by atoms with Gasteiger partial charge in [-0.25, -0.2) is 13.1 Å². The van der Waals surface area contributed by atoms with Gasteiger partial charge in [-0.05, 0) is 30.9 Å². The summed E-state index contributed by atoms with van der Waals surface area (Å²) in [6, 6.07) is 8.53. The first kappa shape index (κ1) is 12.6. The predicted molar refractivity (Wildman–Crippen MR) is 68.2 cm³/mol. The molecular weight excluding hydrogens is 234 g/mol. The fraction of sp³-hybridized carbons (Fsp3) is 0.538. The molecule has 1 aromatic rings. The van der Waals surface area contributed by atoms with Gasteiger partial charge in [0.1, 0.15) is 0 Å². The number of hydrogen-bond donors (Lipinski definition) is 1. The molecule has 3 nitrogen and oxygen atoms in total. The number of benzene rings is 1. The fourth-order valence-electron chi connectivity index (χ4n) is 2.06. The minimum Gasteiger partial charge on any atom is -0.211 e. The van der Waals surface area contributed by atoms with Gasteiger partial charge in [0.25, 0.3) is 0 Å². The van der Waals surface area contributed by atoms with Gasteiger partial charge in [0.2, 0.25) is 10.0 Å². The summed E-state index contributed by atoms with van der Waals surface area (Å²) in [5, 5.41) is 0. The summed E-state index contributed by atoms with van der Waals surface area (Å²) in [6.45, 7) is 0.549. The van der Waals surface area contributed by atoms with Gasteiger partial charge in [0, 0.05) is 6.54 Å². The van der Waals surface area contributed by atoms with E-state index in [-0.39, 0.29) is 0 Å². The average molecular weight is 253 g/mol. The number of sulfonamides is 1. The highest BCUT2D eigenvalue weighted by atomic mass is 32.2. The Bertz CT molecular complexity index is 438. The second kappa shape index (κ2) is 5.65. The molecule has 0 bridgehead atoms. The molecule has 1 aliphatic carbocycles. The van der Waals surface area contributed by atoms with Gasteiger partial charge in [-0.1, -0.05) is 37.5 Å². The minimum absolute atomic E-state index is 0.351. The lowest BCUT2D eigenvalue weighted by molar-refractivity contribution is 0.290. The summed E-state index contributed by atoms with van der Waals surface area (Å²) in [5.74, 6) is 0.844. The maximum atomic E-state index is 11.8. The Morgan fingerprint density at radius 3 is 2.47 bits per heavy atom. The van der Waals surface area contributed by atoms with E-state index < -0.39 is 10.0 Å². The molecule has 1 fully saturated rings. The zero-order chi connectivity index (χ0) is 12.1. The maximum absolute atomic E-state index is 11.8. The van der Waals surface area contributed by atoms with Gasteiger partial charge in [0.15, 0.2) is 0 Å². The lowest BCUT2D eigenvalue weighted by Crippen LogP contribution is -2.25. The van der Waals surface area contributed by atoms with Crippen LogP contribution in [0.5, 0.6) is 0 Å². The van der Waals surface area contributed by atoms with E-state index in [0.717, 1.165) is 18.8 Å². The molecule has 0 spiro atoms. The first-order valence-corrected chi connectivity index (χ1v) is 7.71. The van der Waals surface area contributed by atoms with Crippen molar-refractivity contribution in [1.29, 1.82) is 0 Å². The monoisotopic (exact) mass is 253 g/mol. The molecule has 0 aromatic heterocycles. The van der Waals surface area contributed by atoms with E-state index in [2.05, 4.69) is 4.72 Å². The summed E-state index contributed by atoms with van der Waals surface area (Å²) in [7, 11) is -3.30. The fourth-order valence-corrected chi connectivity index (χ4v) is 3.16. The van der Waals surface area contributed by atoms with Crippen LogP contribution in [0.3, 0.4) is 0 Å². The highest BCUT2D eigenvalue weighted by Gasteiger charge is 2.17. The smallest absolute Gasteiger partial charge is 0.211 e. The number of nitrogens with one attached hydrogen (secondary N) is 1. The quantitative estimate of drug-likeness (QED) is 0.792. The third-order valence-electron chi connectivity index (χ3n) is 3.36. The molecule has 0 atom stereocenters. The summed E-state index contributed by atoms with van der Waals surface area (Å²) >= 11 is 0. The van der Waals surface area contributed by atoms with E-state index in [1.807, 2.05) is 6.07 Å². The average Bonchev–Trinajstić information content (AvgIpc) is 2.27. The zero-order valence-electron chi connectivity index (χ0n) is 9.93. The van der Waals surface area contributed by atoms with Crippen LogP contribution >= 0.6 is 0 Å². The van der Waals surface area contributed by atoms with Gasteiger partial charge in [-0.15, -0.1) is 0 Å². The number of hydrogen-bond acceptors (Lipinski definition) is 2. The van der Waals surface area contributed by atoms with Crippen molar-refractivity contribution in [3.63, 3.8) is 0 Å². The van der Waals surface area contributed by atoms with Crippen molar-refractivity contribution in [3.05, 3.63) is 30.3 Å². The van der Waals surface area contributed by atoms with E-state index in [1.165, 1.54) is 19.3 Å². The van der Waals surface area contributed by atoms with E-state index in [9.17, 15) is 8.42 Å². The zero-order valence-corrected chi connectivity index (χ0v) is 10.7. The normalized spacial score (nSPS) is 16.7. The third-order valence-corrected chi connectivity index (χ3v) is 4.84. The van der Waals surface area contributed by atoms with E-state index >= 15 is 0 Å². The standard InChI is InChI=1S/C13H19NO2S/c15-17(16,13-9-2-1-3-10-13)14-11-5-8-12-6-4-7-12/h1-3,9-10,12,14H,4-8,11H2. The van der Waals surface area contributed by atoms with Crippen LogP contribution in [0.2, 0.25) is 0 Å². The van der Waals surface area contributed by atoms with E-state index in [0.29, 0.717) is 11.4 Å². The van der Waals surface area contributed by atoms with Crippen molar-refractivity contribution < 1.29 is 8.42 Å². The molecule has 2 rings (SSSR count). The lowest BCUT2D eigenvalue weighted by atomic mass is 9.82. The van der Waals surface area contributed by atoms with Gasteiger partial charge < -0.3 is 0 Å².